The number of hydrogen-bond acceptors (Lipinski definition) is 3. The highest BCUT2D eigenvalue weighted by molar-refractivity contribution is 5.94. The lowest BCUT2D eigenvalue weighted by Crippen LogP contribution is -2.25. The van der Waals surface area contributed by atoms with E-state index in [-0.39, 0.29) is 17.2 Å². The molecule has 2 aromatic carbocycles. The molecule has 0 bridgehead atoms. The Bertz CT molecular complexity index is 644. The number of nitrogens with one attached hydrogen (secondary N) is 1. The third-order valence-corrected chi connectivity index (χ3v) is 3.14. The Hall–Kier alpha value is -2.56. The van der Waals surface area contributed by atoms with Crippen molar-refractivity contribution in [1.29, 1.82) is 0 Å². The van der Waals surface area contributed by atoms with Gasteiger partial charge in [0.05, 0.1) is 12.8 Å². The summed E-state index contributed by atoms with van der Waals surface area (Å²) in [7, 11) is 1.61. The van der Waals surface area contributed by atoms with Gasteiger partial charge in [0.25, 0.3) is 5.91 Å². The fourth-order valence-electron chi connectivity index (χ4n) is 1.99. The third kappa shape index (κ3) is 3.72. The van der Waals surface area contributed by atoms with Crippen LogP contribution in [0.15, 0.2) is 42.5 Å². The number of hydrogen-bond donors (Lipinski definition) is 2. The first-order valence-electron chi connectivity index (χ1n) is 6.57. The molecule has 3 N–H and O–H groups in total. The van der Waals surface area contributed by atoms with Crippen LogP contribution in [-0.4, -0.2) is 19.6 Å². The van der Waals surface area contributed by atoms with E-state index >= 15 is 0 Å². The van der Waals surface area contributed by atoms with Gasteiger partial charge in [0, 0.05) is 12.1 Å². The lowest BCUT2D eigenvalue weighted by Gasteiger charge is -2.09. The molecule has 0 fully saturated rings. The number of ether oxygens (including phenoxy) is 1. The van der Waals surface area contributed by atoms with E-state index in [1.165, 1.54) is 12.1 Å². The van der Waals surface area contributed by atoms with Gasteiger partial charge in [-0.2, -0.15) is 0 Å². The molecule has 5 heteroatoms. The molecular formula is C16H17FN2O2. The molecule has 110 valence electrons. The van der Waals surface area contributed by atoms with Gasteiger partial charge in [-0.3, -0.25) is 4.79 Å². The summed E-state index contributed by atoms with van der Waals surface area (Å²) < 4.78 is 18.5. The molecule has 0 saturated heterocycles. The van der Waals surface area contributed by atoms with Gasteiger partial charge in [-0.05, 0) is 36.2 Å². The summed E-state index contributed by atoms with van der Waals surface area (Å²) in [5, 5.41) is 2.74. The summed E-state index contributed by atoms with van der Waals surface area (Å²) in [5.41, 5.74) is 6.66. The van der Waals surface area contributed by atoms with Crippen LogP contribution in [0, 0.1) is 5.82 Å². The first-order valence-corrected chi connectivity index (χ1v) is 6.57. The number of nitrogens with two attached hydrogens (primary N) is 1. The smallest absolute Gasteiger partial charge is 0.251 e. The molecule has 0 radical (unpaired) electrons. The normalized spacial score (nSPS) is 10.2. The maximum absolute atomic E-state index is 13.3. The van der Waals surface area contributed by atoms with Gasteiger partial charge in [-0.15, -0.1) is 0 Å². The monoisotopic (exact) mass is 288 g/mol. The molecule has 4 nitrogen and oxygen atoms in total. The summed E-state index contributed by atoms with van der Waals surface area (Å²) in [5.74, 6) is -0.138. The highest BCUT2D eigenvalue weighted by Crippen LogP contribution is 2.17. The van der Waals surface area contributed by atoms with E-state index in [0.29, 0.717) is 13.0 Å². The van der Waals surface area contributed by atoms with Crippen LogP contribution in [0.3, 0.4) is 0 Å². The van der Waals surface area contributed by atoms with Crippen LogP contribution in [0.1, 0.15) is 15.9 Å². The SMILES string of the molecule is COc1ccccc1CCNC(=O)c1ccc(N)c(F)c1. The second-order valence-corrected chi connectivity index (χ2v) is 4.55. The average molecular weight is 288 g/mol. The lowest BCUT2D eigenvalue weighted by atomic mass is 10.1. The van der Waals surface area contributed by atoms with E-state index in [4.69, 9.17) is 10.5 Å². The molecule has 0 aliphatic heterocycles. The molecule has 0 aromatic heterocycles. The Kier molecular flexibility index (Phi) is 4.77. The Morgan fingerprint density at radius 2 is 2.05 bits per heavy atom. The van der Waals surface area contributed by atoms with Gasteiger partial charge in [-0.1, -0.05) is 18.2 Å². The highest BCUT2D eigenvalue weighted by atomic mass is 19.1. The molecular weight excluding hydrogens is 271 g/mol. The first-order chi connectivity index (χ1) is 10.1. The molecule has 0 heterocycles. The highest BCUT2D eigenvalue weighted by Gasteiger charge is 2.08. The van der Waals surface area contributed by atoms with Gasteiger partial charge in [-0.25, -0.2) is 4.39 Å². The summed E-state index contributed by atoms with van der Waals surface area (Å²) in [6.45, 7) is 0.436. The number of rotatable bonds is 5. The number of benzene rings is 2. The second-order valence-electron chi connectivity index (χ2n) is 4.55. The van der Waals surface area contributed by atoms with Crippen LogP contribution in [-0.2, 0) is 6.42 Å². The Labute approximate surface area is 122 Å². The van der Waals surface area contributed by atoms with Crippen LogP contribution < -0.4 is 15.8 Å². The molecule has 0 atom stereocenters. The van der Waals surface area contributed by atoms with Crippen molar-refractivity contribution in [3.8, 4) is 5.75 Å². The van der Waals surface area contributed by atoms with Gasteiger partial charge < -0.3 is 15.8 Å². The van der Waals surface area contributed by atoms with Crippen molar-refractivity contribution < 1.29 is 13.9 Å². The number of carbonyl (C=O) groups excluding carboxylic acids is 1. The zero-order valence-corrected chi connectivity index (χ0v) is 11.7. The number of carbonyl (C=O) groups is 1. The summed E-state index contributed by atoms with van der Waals surface area (Å²) >= 11 is 0. The number of amides is 1. The second kappa shape index (κ2) is 6.74. The van der Waals surface area contributed by atoms with Crippen molar-refractivity contribution in [3.05, 3.63) is 59.4 Å². The molecule has 0 aliphatic carbocycles. The van der Waals surface area contributed by atoms with Crippen molar-refractivity contribution in [2.75, 3.05) is 19.4 Å². The van der Waals surface area contributed by atoms with E-state index in [2.05, 4.69) is 5.32 Å². The first kappa shape index (κ1) is 14.8. The lowest BCUT2D eigenvalue weighted by molar-refractivity contribution is 0.0953. The number of para-hydroxylation sites is 1. The molecule has 0 unspecified atom stereocenters. The standard InChI is InChI=1S/C16H17FN2O2/c1-21-15-5-3-2-4-11(15)8-9-19-16(20)12-6-7-14(18)13(17)10-12/h2-7,10H,8-9,18H2,1H3,(H,19,20). The number of anilines is 1. The van der Waals surface area contributed by atoms with Crippen molar-refractivity contribution in [2.24, 2.45) is 0 Å². The molecule has 0 spiro atoms. The zero-order chi connectivity index (χ0) is 15.2. The quantitative estimate of drug-likeness (QED) is 0.830. The number of methoxy groups -OCH3 is 1. The van der Waals surface area contributed by atoms with Gasteiger partial charge >= 0.3 is 0 Å². The minimum Gasteiger partial charge on any atom is -0.496 e. The minimum absolute atomic E-state index is 0.0283. The predicted molar refractivity (Wildman–Crippen MR) is 79.8 cm³/mol. The van der Waals surface area contributed by atoms with Crippen molar-refractivity contribution >= 4 is 11.6 Å². The number of halogens is 1. The van der Waals surface area contributed by atoms with Crippen molar-refractivity contribution in [3.63, 3.8) is 0 Å². The van der Waals surface area contributed by atoms with Crippen LogP contribution in [0.25, 0.3) is 0 Å². The van der Waals surface area contributed by atoms with E-state index in [1.54, 1.807) is 7.11 Å². The van der Waals surface area contributed by atoms with E-state index in [1.807, 2.05) is 24.3 Å². The van der Waals surface area contributed by atoms with Crippen LogP contribution in [0.5, 0.6) is 5.75 Å². The minimum atomic E-state index is -0.590. The molecule has 2 rings (SSSR count). The maximum atomic E-state index is 13.3. The Balaban J connectivity index is 1.93. The van der Waals surface area contributed by atoms with Crippen LogP contribution in [0.2, 0.25) is 0 Å². The van der Waals surface area contributed by atoms with Gasteiger partial charge in [0.2, 0.25) is 0 Å². The number of nitrogen functional groups attached to an aromatic ring is 1. The Morgan fingerprint density at radius 3 is 2.76 bits per heavy atom. The van der Waals surface area contributed by atoms with E-state index in [9.17, 15) is 9.18 Å². The van der Waals surface area contributed by atoms with Crippen molar-refractivity contribution in [2.45, 2.75) is 6.42 Å². The summed E-state index contributed by atoms with van der Waals surface area (Å²) in [6, 6.07) is 11.6. The molecule has 21 heavy (non-hydrogen) atoms. The topological polar surface area (TPSA) is 64.3 Å². The fourth-order valence-corrected chi connectivity index (χ4v) is 1.99. The summed E-state index contributed by atoms with van der Waals surface area (Å²) in [4.78, 5) is 11.9. The third-order valence-electron chi connectivity index (χ3n) is 3.14. The molecule has 2 aromatic rings. The predicted octanol–water partition coefficient (Wildman–Crippen LogP) is 2.39. The molecule has 0 aliphatic rings. The Morgan fingerprint density at radius 1 is 1.29 bits per heavy atom. The van der Waals surface area contributed by atoms with Crippen molar-refractivity contribution in [1.82, 2.24) is 5.32 Å². The summed E-state index contributed by atoms with van der Waals surface area (Å²) in [6.07, 6.45) is 0.632. The van der Waals surface area contributed by atoms with E-state index in [0.717, 1.165) is 17.4 Å². The maximum Gasteiger partial charge on any atom is 0.251 e. The van der Waals surface area contributed by atoms with Crippen LogP contribution >= 0.6 is 0 Å². The molecule has 1 amide bonds. The average Bonchev–Trinajstić information content (AvgIpc) is 2.50. The van der Waals surface area contributed by atoms with Gasteiger partial charge in [0.15, 0.2) is 0 Å². The fraction of sp³-hybridized carbons (Fsp3) is 0.188. The van der Waals surface area contributed by atoms with Crippen LogP contribution in [0.4, 0.5) is 10.1 Å². The molecule has 0 saturated carbocycles. The zero-order valence-electron chi connectivity index (χ0n) is 11.7. The largest absolute Gasteiger partial charge is 0.496 e. The van der Waals surface area contributed by atoms with E-state index < -0.39 is 5.82 Å². The van der Waals surface area contributed by atoms with Gasteiger partial charge in [0.1, 0.15) is 11.6 Å².